The van der Waals surface area contributed by atoms with Crippen LogP contribution in [0.4, 0.5) is 0 Å². The molecular weight excluding hydrogens is 252 g/mol. The van der Waals surface area contributed by atoms with Crippen LogP contribution in [0.1, 0.15) is 25.0 Å². The Morgan fingerprint density at radius 1 is 0.947 bits per heavy atom. The summed E-state index contributed by atoms with van der Waals surface area (Å²) in [7, 11) is 0. The molecule has 0 aliphatic carbocycles. The van der Waals surface area contributed by atoms with E-state index >= 15 is 0 Å². The number of thioether (sulfide) groups is 1. The molecule has 0 aliphatic heterocycles. The third kappa shape index (κ3) is 3.85. The van der Waals surface area contributed by atoms with E-state index in [1.807, 2.05) is 17.8 Å². The lowest BCUT2D eigenvalue weighted by molar-refractivity contribution is 0.218. The van der Waals surface area contributed by atoms with Crippen molar-refractivity contribution in [2.75, 3.05) is 6.61 Å². The van der Waals surface area contributed by atoms with Crippen LogP contribution in [0.2, 0.25) is 0 Å². The second-order valence-corrected chi connectivity index (χ2v) is 6.39. The zero-order valence-corrected chi connectivity index (χ0v) is 12.3. The monoisotopic (exact) mass is 272 g/mol. The molecule has 19 heavy (non-hydrogen) atoms. The van der Waals surface area contributed by atoms with Crippen molar-refractivity contribution in [1.82, 2.24) is 0 Å². The van der Waals surface area contributed by atoms with Gasteiger partial charge in [-0.15, -0.1) is 11.8 Å². The van der Waals surface area contributed by atoms with E-state index in [1.54, 1.807) is 0 Å². The first-order valence-corrected chi connectivity index (χ1v) is 7.48. The van der Waals surface area contributed by atoms with Crippen molar-refractivity contribution in [3.05, 3.63) is 65.7 Å². The molecule has 0 bridgehead atoms. The summed E-state index contributed by atoms with van der Waals surface area (Å²) in [5, 5.41) is 9.36. The highest BCUT2D eigenvalue weighted by atomic mass is 32.2. The van der Waals surface area contributed by atoms with Crippen molar-refractivity contribution in [2.45, 2.75) is 29.9 Å². The molecule has 0 spiro atoms. The lowest BCUT2D eigenvalue weighted by Gasteiger charge is -2.22. The van der Waals surface area contributed by atoms with Crippen LogP contribution in [0.25, 0.3) is 0 Å². The van der Waals surface area contributed by atoms with Crippen molar-refractivity contribution in [3.8, 4) is 0 Å². The molecule has 2 rings (SSSR count). The highest BCUT2D eigenvalue weighted by Gasteiger charge is 2.18. The molecule has 0 saturated carbocycles. The predicted molar refractivity (Wildman–Crippen MR) is 82.6 cm³/mol. The summed E-state index contributed by atoms with van der Waals surface area (Å²) in [6.45, 7) is 4.28. The van der Waals surface area contributed by atoms with Gasteiger partial charge in [0, 0.05) is 16.1 Å². The van der Waals surface area contributed by atoms with Crippen LogP contribution in [0.5, 0.6) is 0 Å². The molecule has 0 aliphatic rings. The smallest absolute Gasteiger partial charge is 0.0522 e. The molecule has 0 fully saturated rings. The van der Waals surface area contributed by atoms with Crippen molar-refractivity contribution < 1.29 is 5.11 Å². The SMILES string of the molecule is CC(C)(CO)c1ccc(SCc2ccccc2)cc1. The Balaban J connectivity index is 2.00. The van der Waals surface area contributed by atoms with Gasteiger partial charge in [-0.3, -0.25) is 0 Å². The number of aliphatic hydroxyl groups is 1. The second-order valence-electron chi connectivity index (χ2n) is 5.34. The van der Waals surface area contributed by atoms with E-state index < -0.39 is 0 Å². The largest absolute Gasteiger partial charge is 0.395 e. The standard InChI is InChI=1S/C17H20OS/c1-17(2,13-18)15-8-10-16(11-9-15)19-12-14-6-4-3-5-7-14/h3-11,18H,12-13H2,1-2H3. The summed E-state index contributed by atoms with van der Waals surface area (Å²) < 4.78 is 0. The molecule has 1 N–H and O–H groups in total. The maximum absolute atomic E-state index is 9.36. The molecule has 100 valence electrons. The van der Waals surface area contributed by atoms with Gasteiger partial charge >= 0.3 is 0 Å². The van der Waals surface area contributed by atoms with Gasteiger partial charge < -0.3 is 5.11 Å². The number of aliphatic hydroxyl groups excluding tert-OH is 1. The summed E-state index contributed by atoms with van der Waals surface area (Å²) in [5.41, 5.74) is 2.36. The van der Waals surface area contributed by atoms with Crippen LogP contribution in [0.15, 0.2) is 59.5 Å². The number of rotatable bonds is 5. The van der Waals surface area contributed by atoms with E-state index in [0.29, 0.717) is 0 Å². The van der Waals surface area contributed by atoms with Gasteiger partial charge in [-0.1, -0.05) is 56.3 Å². The zero-order chi connectivity index (χ0) is 13.7. The van der Waals surface area contributed by atoms with E-state index in [0.717, 1.165) is 5.75 Å². The van der Waals surface area contributed by atoms with Crippen LogP contribution >= 0.6 is 11.8 Å². The molecule has 0 aromatic heterocycles. The van der Waals surface area contributed by atoms with E-state index in [2.05, 4.69) is 62.4 Å². The first-order chi connectivity index (χ1) is 9.12. The second kappa shape index (κ2) is 6.27. The molecule has 2 heteroatoms. The summed E-state index contributed by atoms with van der Waals surface area (Å²) in [6.07, 6.45) is 0. The van der Waals surface area contributed by atoms with Gasteiger partial charge in [-0.2, -0.15) is 0 Å². The van der Waals surface area contributed by atoms with Gasteiger partial charge in [0.1, 0.15) is 0 Å². The molecule has 0 radical (unpaired) electrons. The summed E-state index contributed by atoms with van der Waals surface area (Å²) in [6, 6.07) is 19.0. The Labute approximate surface area is 119 Å². The first kappa shape index (κ1) is 14.2. The summed E-state index contributed by atoms with van der Waals surface area (Å²) in [5.74, 6) is 0.990. The average Bonchev–Trinajstić information content (AvgIpc) is 2.47. The molecule has 2 aromatic rings. The normalized spacial score (nSPS) is 11.5. The van der Waals surface area contributed by atoms with Crippen LogP contribution in [-0.2, 0) is 11.2 Å². The summed E-state index contributed by atoms with van der Waals surface area (Å²) >= 11 is 1.84. The fraction of sp³-hybridized carbons (Fsp3) is 0.294. The third-order valence-corrected chi connectivity index (χ3v) is 4.36. The fourth-order valence-electron chi connectivity index (χ4n) is 1.83. The molecule has 0 heterocycles. The minimum absolute atomic E-state index is 0.164. The van der Waals surface area contributed by atoms with Gasteiger partial charge in [0.05, 0.1) is 6.61 Å². The third-order valence-electron chi connectivity index (χ3n) is 3.28. The van der Waals surface area contributed by atoms with Gasteiger partial charge in [-0.05, 0) is 23.3 Å². The lowest BCUT2D eigenvalue weighted by atomic mass is 9.86. The Morgan fingerprint density at radius 2 is 1.58 bits per heavy atom. The van der Waals surface area contributed by atoms with Crippen LogP contribution in [0.3, 0.4) is 0 Å². The first-order valence-electron chi connectivity index (χ1n) is 6.50. The molecule has 1 nitrogen and oxygen atoms in total. The molecule has 0 saturated heterocycles. The van der Waals surface area contributed by atoms with Crippen LogP contribution in [-0.4, -0.2) is 11.7 Å². The predicted octanol–water partition coefficient (Wildman–Crippen LogP) is 4.25. The maximum Gasteiger partial charge on any atom is 0.0522 e. The van der Waals surface area contributed by atoms with E-state index in [9.17, 15) is 5.11 Å². The highest BCUT2D eigenvalue weighted by Crippen LogP contribution is 2.27. The van der Waals surface area contributed by atoms with Crippen molar-refractivity contribution in [1.29, 1.82) is 0 Å². The molecule has 0 unspecified atom stereocenters. The Kier molecular flexibility index (Phi) is 4.67. The fourth-order valence-corrected chi connectivity index (χ4v) is 2.69. The van der Waals surface area contributed by atoms with Gasteiger partial charge in [-0.25, -0.2) is 0 Å². The zero-order valence-electron chi connectivity index (χ0n) is 11.5. The van der Waals surface area contributed by atoms with E-state index in [-0.39, 0.29) is 12.0 Å². The number of benzene rings is 2. The number of hydrogen-bond donors (Lipinski definition) is 1. The van der Waals surface area contributed by atoms with Gasteiger partial charge in [0.25, 0.3) is 0 Å². The average molecular weight is 272 g/mol. The number of hydrogen-bond acceptors (Lipinski definition) is 2. The van der Waals surface area contributed by atoms with Gasteiger partial charge in [0.15, 0.2) is 0 Å². The Hall–Kier alpha value is -1.25. The minimum atomic E-state index is -0.164. The Bertz CT molecular complexity index is 503. The van der Waals surface area contributed by atoms with Crippen molar-refractivity contribution in [2.24, 2.45) is 0 Å². The topological polar surface area (TPSA) is 20.2 Å². The summed E-state index contributed by atoms with van der Waals surface area (Å²) in [4.78, 5) is 1.27. The lowest BCUT2D eigenvalue weighted by Crippen LogP contribution is -2.21. The van der Waals surface area contributed by atoms with E-state index in [4.69, 9.17) is 0 Å². The highest BCUT2D eigenvalue weighted by molar-refractivity contribution is 7.98. The van der Waals surface area contributed by atoms with Gasteiger partial charge in [0.2, 0.25) is 0 Å². The van der Waals surface area contributed by atoms with E-state index in [1.165, 1.54) is 16.0 Å². The molecule has 2 aromatic carbocycles. The van der Waals surface area contributed by atoms with Crippen molar-refractivity contribution >= 4 is 11.8 Å². The van der Waals surface area contributed by atoms with Crippen molar-refractivity contribution in [3.63, 3.8) is 0 Å². The van der Waals surface area contributed by atoms with Crippen LogP contribution < -0.4 is 0 Å². The Morgan fingerprint density at radius 3 is 2.16 bits per heavy atom. The quantitative estimate of drug-likeness (QED) is 0.821. The molecular formula is C17H20OS. The maximum atomic E-state index is 9.36. The molecule has 0 atom stereocenters. The minimum Gasteiger partial charge on any atom is -0.395 e. The van der Waals surface area contributed by atoms with Crippen LogP contribution in [0, 0.1) is 0 Å². The molecule has 0 amide bonds.